The number of ether oxygens (including phenoxy) is 6. The van der Waals surface area contributed by atoms with E-state index in [1.807, 2.05) is 170 Å². The molecule has 12 aromatic carbocycles. The van der Waals surface area contributed by atoms with E-state index < -0.39 is 0 Å². The molecule has 0 atom stereocenters. The van der Waals surface area contributed by atoms with Crippen molar-refractivity contribution < 1.29 is 38.0 Å². The second-order valence-electron chi connectivity index (χ2n) is 32.9. The lowest BCUT2D eigenvalue weighted by Crippen LogP contribution is -2.14. The molecule has 16 bridgehead atoms. The highest BCUT2D eigenvalue weighted by molar-refractivity contribution is 6.20. The first-order valence-electron chi connectivity index (χ1n) is 44.0. The normalized spacial score (nSPS) is 11.9. The lowest BCUT2D eigenvalue weighted by atomic mass is 9.90. The molecule has 18 nitrogen and oxygen atoms in total. The molecule has 6 aromatic heterocycles. The van der Waals surface area contributed by atoms with Crippen molar-refractivity contribution in [2.45, 2.75) is 0 Å². The first-order chi connectivity index (χ1) is 65.9. The van der Waals surface area contributed by atoms with Gasteiger partial charge in [0.05, 0.1) is 88.2 Å². The fourth-order valence-corrected chi connectivity index (χ4v) is 18.6. The van der Waals surface area contributed by atoms with E-state index in [2.05, 4.69) is 225 Å². The Labute approximate surface area is 770 Å². The van der Waals surface area contributed by atoms with Crippen molar-refractivity contribution in [3.63, 3.8) is 0 Å². The number of amides is 2. The fourth-order valence-electron chi connectivity index (χ4n) is 18.6. The molecule has 4 aliphatic heterocycles. The summed E-state index contributed by atoms with van der Waals surface area (Å²) in [5.41, 5.74) is 29.7. The van der Waals surface area contributed by atoms with Crippen LogP contribution in [0.3, 0.4) is 0 Å². The Balaban J connectivity index is 0.641. The number of carbonyl (C=O) groups excluding carboxylic acids is 2. The molecule has 646 valence electrons. The van der Waals surface area contributed by atoms with Crippen molar-refractivity contribution in [3.05, 3.63) is 372 Å². The van der Waals surface area contributed by atoms with Crippen molar-refractivity contribution >= 4 is 137 Å². The van der Waals surface area contributed by atoms with Crippen molar-refractivity contribution in [3.8, 4) is 135 Å². The minimum Gasteiger partial charge on any atom is -0.497 e. The monoisotopic (exact) mass is 1740 g/mol. The van der Waals surface area contributed by atoms with Crippen LogP contribution in [0.25, 0.3) is 214 Å². The average Bonchev–Trinajstić information content (AvgIpc) is 1.23. The molecule has 6 N–H and O–H groups in total. The van der Waals surface area contributed by atoms with E-state index in [4.69, 9.17) is 48.4 Å². The molecule has 0 unspecified atom stereocenters. The number of hydrogen-bond acceptors (Lipinski definition) is 12. The molecule has 134 heavy (non-hydrogen) atoms. The maximum absolute atomic E-state index is 15.5. The van der Waals surface area contributed by atoms with Crippen molar-refractivity contribution in [2.75, 3.05) is 53.3 Å². The highest BCUT2D eigenvalue weighted by Gasteiger charge is 2.27. The molecule has 0 radical (unpaired) electrons. The zero-order chi connectivity index (χ0) is 90.6. The first kappa shape index (κ1) is 81.8. The largest absolute Gasteiger partial charge is 0.497 e. The third-order valence-electron chi connectivity index (χ3n) is 25.3. The Hall–Kier alpha value is -17.9. The van der Waals surface area contributed by atoms with Crippen LogP contribution >= 0.6 is 0 Å². The number of hydrogen-bond donors (Lipinski definition) is 6. The summed E-state index contributed by atoms with van der Waals surface area (Å²) in [5.74, 6) is 3.66. The van der Waals surface area contributed by atoms with E-state index >= 15 is 9.59 Å². The third-order valence-corrected chi connectivity index (χ3v) is 25.3. The van der Waals surface area contributed by atoms with Crippen LogP contribution in [0.2, 0.25) is 0 Å². The van der Waals surface area contributed by atoms with Crippen LogP contribution < -0.4 is 39.1 Å². The topological polar surface area (TPSA) is 228 Å². The molecule has 0 saturated carbocycles. The Morgan fingerprint density at radius 1 is 0.209 bits per heavy atom. The molecule has 2 amide bonds. The van der Waals surface area contributed by atoms with E-state index in [1.54, 1.807) is 42.7 Å². The van der Waals surface area contributed by atoms with Gasteiger partial charge < -0.3 is 59.0 Å². The first-order valence-corrected chi connectivity index (χ1v) is 44.0. The van der Waals surface area contributed by atoms with Crippen LogP contribution in [0.15, 0.2) is 315 Å². The summed E-state index contributed by atoms with van der Waals surface area (Å²) in [4.78, 5) is 68.7. The van der Waals surface area contributed by atoms with Crippen LogP contribution in [0.5, 0.6) is 34.5 Å². The van der Waals surface area contributed by atoms with Crippen LogP contribution in [0.1, 0.15) is 66.3 Å². The number of aromatic amines is 4. The number of aromatic nitrogens is 8. The van der Waals surface area contributed by atoms with E-state index in [1.165, 1.54) is 0 Å². The summed E-state index contributed by atoms with van der Waals surface area (Å²) in [6.45, 7) is 0. The average molecular weight is 1750 g/mol. The lowest BCUT2D eigenvalue weighted by Gasteiger charge is -2.20. The van der Waals surface area contributed by atoms with Gasteiger partial charge in [-0.3, -0.25) is 9.59 Å². The molecule has 18 aromatic rings. The van der Waals surface area contributed by atoms with Gasteiger partial charge in [0.15, 0.2) is 0 Å². The van der Waals surface area contributed by atoms with Crippen LogP contribution in [0.4, 0.5) is 11.4 Å². The second kappa shape index (κ2) is 34.6. The maximum atomic E-state index is 15.5. The highest BCUT2D eigenvalue weighted by Crippen LogP contribution is 2.48. The zero-order valence-electron chi connectivity index (χ0n) is 73.7. The van der Waals surface area contributed by atoms with E-state index in [-0.39, 0.29) is 11.8 Å². The van der Waals surface area contributed by atoms with Gasteiger partial charge in [0.1, 0.15) is 34.5 Å². The van der Waals surface area contributed by atoms with Gasteiger partial charge >= 0.3 is 0 Å². The SMILES string of the molecule is COc1ccc(-c2c3nc(c(-c4ccc(OC)cc4)c4ccc([nH]4)c(-c4ccc(C(=O)Nc5ccc6ccccc6c5-c5c(NC(=O)c6ccc(-c7c8nc(c(-c9ccc(OC)cc9)c9ccc([nH]9)c(-c9ccc(OC)cc9)c9nc(c(-c%10ccc(OC)cc%10)c%10ccc7[nH]%10)C=C9)C=C8)cc6)ccc6ccccc56)cc4)c4nc(c(-c5ccc(OC)cc5)c5ccc2[nH]5)C=C4)C=C3)cc1. The van der Waals surface area contributed by atoms with Crippen LogP contribution in [-0.4, -0.2) is 94.3 Å². The van der Waals surface area contributed by atoms with Crippen molar-refractivity contribution in [2.24, 2.45) is 0 Å². The number of rotatable bonds is 19. The Kier molecular flexibility index (Phi) is 21.1. The number of anilines is 2. The minimum absolute atomic E-state index is 0.351. The molecule has 0 aliphatic carbocycles. The van der Waals surface area contributed by atoms with Crippen molar-refractivity contribution in [1.29, 1.82) is 0 Å². The molecule has 4 aliphatic rings. The minimum atomic E-state index is -0.351. The van der Waals surface area contributed by atoms with E-state index in [9.17, 15) is 0 Å². The number of benzene rings is 12. The van der Waals surface area contributed by atoms with Gasteiger partial charge in [-0.1, -0.05) is 158 Å². The molecule has 0 saturated heterocycles. The predicted octanol–water partition coefficient (Wildman–Crippen LogP) is 27.5. The quantitative estimate of drug-likeness (QED) is 0.0444. The highest BCUT2D eigenvalue weighted by atomic mass is 16.5. The number of nitrogens with zero attached hydrogens (tertiary/aromatic N) is 4. The standard InChI is InChI=1S/C116H84N10O8/c1-129-79-37-23-71(24-38-79)107-91-55-51-87(117-91)105(88-52-56-92(118-88)108(72-25-39-80(130-2)40-26-72)96-60-64-100(122-96)111(99-63-59-95(107)121-99)75-31-45-83(133-5)46-32-75)69-15-19-77(20-16-69)115(127)125-103-49-35-67-11-7-9-13-85(67)113(103)114-86-14-10-8-12-68(86)36-50-104(114)126-116(128)78-21-17-70(18-22-78)106-89-53-57-93(119-89)109(73-27-41-81(131-3)42-28-73)97-61-65-101(123-97)112(76-33-47-84(134-6)48-34-76)102-66-62-98(124-102)110(94-58-54-90(106)120-94)74-29-43-82(132-4)44-30-74/h7-66,117,119,122,124H,1-6H3,(H,125,127)(H,126,128). The van der Waals surface area contributed by atoms with Gasteiger partial charge in [-0.2, -0.15) is 0 Å². The smallest absolute Gasteiger partial charge is 0.255 e. The predicted molar refractivity (Wildman–Crippen MR) is 543 cm³/mol. The van der Waals surface area contributed by atoms with Crippen molar-refractivity contribution in [1.82, 2.24) is 39.9 Å². The summed E-state index contributed by atoms with van der Waals surface area (Å²) in [7, 11) is 9.99. The molecule has 18 heteroatoms. The number of methoxy groups -OCH3 is 6. The Morgan fingerprint density at radius 2 is 0.396 bits per heavy atom. The van der Waals surface area contributed by atoms with Crippen LogP contribution in [-0.2, 0) is 0 Å². The van der Waals surface area contributed by atoms with Gasteiger partial charge in [-0.15, -0.1) is 0 Å². The second-order valence-corrected chi connectivity index (χ2v) is 32.9. The molecule has 10 heterocycles. The number of carbonyl (C=O) groups is 2. The summed E-state index contributed by atoms with van der Waals surface area (Å²) >= 11 is 0. The van der Waals surface area contributed by atoms with Gasteiger partial charge in [0.25, 0.3) is 11.8 Å². The van der Waals surface area contributed by atoms with Gasteiger partial charge in [-0.25, -0.2) is 19.9 Å². The number of fused-ring (bicyclic) bond motifs is 18. The molecular weight excluding hydrogens is 1660 g/mol. The van der Waals surface area contributed by atoms with E-state index in [0.29, 0.717) is 33.9 Å². The molecule has 22 rings (SSSR count). The third kappa shape index (κ3) is 15.2. The molecule has 0 fully saturated rings. The number of H-pyrrole nitrogens is 4. The summed E-state index contributed by atoms with van der Waals surface area (Å²) in [6.07, 6.45) is 16.5. The summed E-state index contributed by atoms with van der Waals surface area (Å²) in [6, 6.07) is 104. The lowest BCUT2D eigenvalue weighted by molar-refractivity contribution is 0.101. The molecular formula is C116H84N10O8. The molecule has 0 spiro atoms. The summed E-state index contributed by atoms with van der Waals surface area (Å²) in [5, 5.41) is 10.4. The fraction of sp³-hybridized carbons (Fsp3) is 0.0517. The Bertz CT molecular complexity index is 7710. The number of nitrogens with one attached hydrogen (secondary N) is 6. The summed E-state index contributed by atoms with van der Waals surface area (Å²) < 4.78 is 34.0. The Morgan fingerprint density at radius 3 is 0.590 bits per heavy atom. The maximum Gasteiger partial charge on any atom is 0.255 e. The van der Waals surface area contributed by atoms with Gasteiger partial charge in [0.2, 0.25) is 0 Å². The van der Waals surface area contributed by atoms with E-state index in [0.717, 1.165) is 234 Å². The van der Waals surface area contributed by atoms with Gasteiger partial charge in [-0.05, 0) is 272 Å². The van der Waals surface area contributed by atoms with Crippen LogP contribution in [0, 0.1) is 0 Å². The van der Waals surface area contributed by atoms with Gasteiger partial charge in [0, 0.05) is 122 Å². The zero-order valence-corrected chi connectivity index (χ0v) is 73.7.